The third-order valence-corrected chi connectivity index (χ3v) is 4.69. The molecule has 1 aromatic rings. The molecule has 1 heterocycles. The van der Waals surface area contributed by atoms with E-state index in [0.717, 1.165) is 35.3 Å². The smallest absolute Gasteiger partial charge is 0.270 e. The number of nitro benzene ring substituents is 1. The molecule has 116 valence electrons. The van der Waals surface area contributed by atoms with E-state index in [2.05, 4.69) is 39.7 Å². The summed E-state index contributed by atoms with van der Waals surface area (Å²) in [6.07, 6.45) is 4.83. The first kappa shape index (κ1) is 16.5. The molecule has 1 fully saturated rings. The van der Waals surface area contributed by atoms with Gasteiger partial charge < -0.3 is 10.2 Å². The van der Waals surface area contributed by atoms with E-state index >= 15 is 0 Å². The van der Waals surface area contributed by atoms with Crippen molar-refractivity contribution in [2.45, 2.75) is 38.6 Å². The summed E-state index contributed by atoms with van der Waals surface area (Å²) < 4.78 is 0.950. The molecule has 0 aromatic heterocycles. The van der Waals surface area contributed by atoms with E-state index in [0.29, 0.717) is 6.04 Å². The second kappa shape index (κ2) is 7.93. The van der Waals surface area contributed by atoms with Crippen LogP contribution in [0.1, 0.15) is 32.6 Å². The summed E-state index contributed by atoms with van der Waals surface area (Å²) in [5.74, 6) is 0. The van der Waals surface area contributed by atoms with Crippen molar-refractivity contribution >= 4 is 34.0 Å². The van der Waals surface area contributed by atoms with E-state index in [1.165, 1.54) is 19.3 Å². The van der Waals surface area contributed by atoms with Gasteiger partial charge in [0.1, 0.15) is 0 Å². The normalized spacial score (nSPS) is 18.5. The van der Waals surface area contributed by atoms with E-state index in [4.69, 9.17) is 0 Å². The van der Waals surface area contributed by atoms with Crippen LogP contribution in [0.25, 0.3) is 0 Å². The van der Waals surface area contributed by atoms with Crippen LogP contribution in [-0.2, 0) is 0 Å². The minimum atomic E-state index is -0.335. The van der Waals surface area contributed by atoms with Gasteiger partial charge in [0.05, 0.1) is 10.6 Å². The van der Waals surface area contributed by atoms with E-state index in [1.807, 2.05) is 6.07 Å². The summed E-state index contributed by atoms with van der Waals surface area (Å²) >= 11 is 2.20. The van der Waals surface area contributed by atoms with E-state index in [-0.39, 0.29) is 10.6 Å². The van der Waals surface area contributed by atoms with Crippen LogP contribution in [0.5, 0.6) is 0 Å². The maximum Gasteiger partial charge on any atom is 0.270 e. The number of nitrogens with one attached hydrogen (secondary N) is 1. The van der Waals surface area contributed by atoms with Gasteiger partial charge in [-0.2, -0.15) is 0 Å². The van der Waals surface area contributed by atoms with Gasteiger partial charge in [-0.3, -0.25) is 10.1 Å². The quantitative estimate of drug-likeness (QED) is 0.448. The van der Waals surface area contributed by atoms with Gasteiger partial charge in [-0.25, -0.2) is 0 Å². The van der Waals surface area contributed by atoms with Crippen LogP contribution in [0, 0.1) is 13.7 Å². The Balaban J connectivity index is 2.14. The van der Waals surface area contributed by atoms with Crippen molar-refractivity contribution < 1.29 is 4.92 Å². The van der Waals surface area contributed by atoms with Gasteiger partial charge in [0.2, 0.25) is 0 Å². The third-order valence-electron chi connectivity index (χ3n) is 3.83. The third kappa shape index (κ3) is 4.54. The summed E-state index contributed by atoms with van der Waals surface area (Å²) in [6.45, 7) is 5.22. The highest BCUT2D eigenvalue weighted by Gasteiger charge is 2.19. The Kier molecular flexibility index (Phi) is 6.22. The number of hydrogen-bond acceptors (Lipinski definition) is 4. The van der Waals surface area contributed by atoms with Crippen LogP contribution in [0.3, 0.4) is 0 Å². The molecule has 1 aromatic carbocycles. The largest absolute Gasteiger partial charge is 0.369 e. The van der Waals surface area contributed by atoms with Crippen LogP contribution in [0.4, 0.5) is 11.4 Å². The zero-order valence-electron chi connectivity index (χ0n) is 12.3. The zero-order valence-corrected chi connectivity index (χ0v) is 14.5. The molecule has 0 spiro atoms. The van der Waals surface area contributed by atoms with E-state index < -0.39 is 0 Å². The lowest BCUT2D eigenvalue weighted by Crippen LogP contribution is -2.44. The van der Waals surface area contributed by atoms with Crippen LogP contribution in [0.2, 0.25) is 0 Å². The van der Waals surface area contributed by atoms with Crippen LogP contribution in [-0.4, -0.2) is 30.6 Å². The molecule has 0 aliphatic carbocycles. The average Bonchev–Trinajstić information content (AvgIpc) is 2.48. The molecule has 6 heteroatoms. The Morgan fingerprint density at radius 3 is 2.86 bits per heavy atom. The van der Waals surface area contributed by atoms with E-state index in [9.17, 15) is 10.1 Å². The number of piperidine rings is 1. The molecule has 2 rings (SSSR count). The number of anilines is 1. The zero-order chi connectivity index (χ0) is 15.2. The molecule has 0 saturated carbocycles. The molecule has 1 atom stereocenters. The lowest BCUT2D eigenvalue weighted by atomic mass is 10.0. The minimum absolute atomic E-state index is 0.162. The standard InChI is InChI=1S/C15H22IN3O2/c1-2-9-18(11-12-5-3-4-8-17-12)15-7-6-13(19(20)21)10-14(15)16/h6-7,10,12,17H,2-5,8-9,11H2,1H3. The Bertz CT molecular complexity index is 490. The van der Waals surface area contributed by atoms with Crippen molar-refractivity contribution in [1.82, 2.24) is 5.32 Å². The number of rotatable bonds is 6. The maximum atomic E-state index is 10.9. The summed E-state index contributed by atoms with van der Waals surface area (Å²) in [5.41, 5.74) is 1.27. The lowest BCUT2D eigenvalue weighted by molar-refractivity contribution is -0.384. The highest BCUT2D eigenvalue weighted by atomic mass is 127. The van der Waals surface area contributed by atoms with Crippen molar-refractivity contribution in [3.8, 4) is 0 Å². The van der Waals surface area contributed by atoms with Gasteiger partial charge in [-0.1, -0.05) is 13.3 Å². The van der Waals surface area contributed by atoms with Gasteiger partial charge in [-0.05, 0) is 54.5 Å². The van der Waals surface area contributed by atoms with Crippen molar-refractivity contribution in [3.63, 3.8) is 0 Å². The fourth-order valence-corrected chi connectivity index (χ4v) is 3.63. The molecule has 1 aliphatic heterocycles. The average molecular weight is 403 g/mol. The highest BCUT2D eigenvalue weighted by molar-refractivity contribution is 14.1. The molecular weight excluding hydrogens is 381 g/mol. The SMILES string of the molecule is CCCN(CC1CCCCN1)c1ccc([N+](=O)[O-])cc1I. The first-order chi connectivity index (χ1) is 10.1. The van der Waals surface area contributed by atoms with E-state index in [1.54, 1.807) is 12.1 Å². The maximum absolute atomic E-state index is 10.9. The summed E-state index contributed by atoms with van der Waals surface area (Å²) in [7, 11) is 0. The number of nitro groups is 1. The van der Waals surface area contributed by atoms with Crippen molar-refractivity contribution in [2.75, 3.05) is 24.5 Å². The molecule has 21 heavy (non-hydrogen) atoms. The first-order valence-corrected chi connectivity index (χ1v) is 8.62. The summed E-state index contributed by atoms with van der Waals surface area (Å²) in [6, 6.07) is 5.68. The summed E-state index contributed by atoms with van der Waals surface area (Å²) in [5, 5.41) is 14.4. The molecular formula is C15H22IN3O2. The van der Waals surface area contributed by atoms with Gasteiger partial charge in [0.15, 0.2) is 0 Å². The van der Waals surface area contributed by atoms with Crippen LogP contribution >= 0.6 is 22.6 Å². The molecule has 1 aliphatic rings. The molecule has 5 nitrogen and oxygen atoms in total. The Morgan fingerprint density at radius 1 is 1.48 bits per heavy atom. The first-order valence-electron chi connectivity index (χ1n) is 7.54. The Hall–Kier alpha value is -0.890. The minimum Gasteiger partial charge on any atom is -0.369 e. The topological polar surface area (TPSA) is 58.4 Å². The fraction of sp³-hybridized carbons (Fsp3) is 0.600. The van der Waals surface area contributed by atoms with Crippen molar-refractivity contribution in [1.29, 1.82) is 0 Å². The van der Waals surface area contributed by atoms with Crippen molar-refractivity contribution in [3.05, 3.63) is 31.9 Å². The van der Waals surface area contributed by atoms with Gasteiger partial charge >= 0.3 is 0 Å². The van der Waals surface area contributed by atoms with Gasteiger partial charge in [-0.15, -0.1) is 0 Å². The molecule has 1 unspecified atom stereocenters. The number of halogens is 1. The monoisotopic (exact) mass is 403 g/mol. The predicted molar refractivity (Wildman–Crippen MR) is 94.0 cm³/mol. The second-order valence-electron chi connectivity index (χ2n) is 5.49. The Labute approximate surface area is 139 Å². The number of benzene rings is 1. The number of non-ortho nitro benzene ring substituents is 1. The number of nitrogens with zero attached hydrogens (tertiary/aromatic N) is 2. The molecule has 0 radical (unpaired) electrons. The number of hydrogen-bond donors (Lipinski definition) is 1. The Morgan fingerprint density at radius 2 is 2.29 bits per heavy atom. The van der Waals surface area contributed by atoms with Crippen LogP contribution in [0.15, 0.2) is 18.2 Å². The highest BCUT2D eigenvalue weighted by Crippen LogP contribution is 2.27. The lowest BCUT2D eigenvalue weighted by Gasteiger charge is -2.32. The van der Waals surface area contributed by atoms with Gasteiger partial charge in [0.25, 0.3) is 5.69 Å². The van der Waals surface area contributed by atoms with Gasteiger partial charge in [0, 0.05) is 34.8 Å². The van der Waals surface area contributed by atoms with Crippen LogP contribution < -0.4 is 10.2 Å². The predicted octanol–water partition coefficient (Wildman–Crippen LogP) is 3.56. The second-order valence-corrected chi connectivity index (χ2v) is 6.65. The molecule has 1 saturated heterocycles. The molecule has 1 N–H and O–H groups in total. The molecule has 0 bridgehead atoms. The molecule has 0 amide bonds. The van der Waals surface area contributed by atoms with Crippen molar-refractivity contribution in [2.24, 2.45) is 0 Å². The fourth-order valence-electron chi connectivity index (χ4n) is 2.79. The summed E-state index contributed by atoms with van der Waals surface area (Å²) in [4.78, 5) is 12.9.